The highest BCUT2D eigenvalue weighted by Gasteiger charge is 2.10. The molecule has 0 fully saturated rings. The average molecular weight is 261 g/mol. The van der Waals surface area contributed by atoms with Crippen molar-refractivity contribution in [3.8, 4) is 11.8 Å². The number of rotatable bonds is 5. The van der Waals surface area contributed by atoms with Crippen molar-refractivity contribution < 1.29 is 15.0 Å². The van der Waals surface area contributed by atoms with Crippen molar-refractivity contribution in [2.24, 2.45) is 0 Å². The minimum Gasteiger partial charge on any atom is -0.508 e. The number of benzene rings is 1. The van der Waals surface area contributed by atoms with Gasteiger partial charge in [-0.1, -0.05) is 6.07 Å². The lowest BCUT2D eigenvalue weighted by molar-refractivity contribution is -0.112. The van der Waals surface area contributed by atoms with Crippen molar-refractivity contribution in [3.63, 3.8) is 0 Å². The van der Waals surface area contributed by atoms with Crippen LogP contribution >= 0.6 is 0 Å². The zero-order chi connectivity index (χ0) is 14.3. The van der Waals surface area contributed by atoms with Crippen molar-refractivity contribution in [2.45, 2.75) is 0 Å². The summed E-state index contributed by atoms with van der Waals surface area (Å²) in [5.74, 6) is -0.546. The first-order chi connectivity index (χ1) is 9.06. The van der Waals surface area contributed by atoms with Crippen LogP contribution in [-0.2, 0) is 4.79 Å². The molecule has 100 valence electrons. The van der Waals surface area contributed by atoms with E-state index in [4.69, 9.17) is 10.4 Å². The number of phenols is 1. The van der Waals surface area contributed by atoms with Gasteiger partial charge in [-0.2, -0.15) is 5.26 Å². The lowest BCUT2D eigenvalue weighted by atomic mass is 10.2. The van der Waals surface area contributed by atoms with E-state index in [1.54, 1.807) is 30.1 Å². The van der Waals surface area contributed by atoms with E-state index >= 15 is 0 Å². The first kappa shape index (κ1) is 14.5. The number of hydrogen-bond acceptors (Lipinski definition) is 5. The maximum absolute atomic E-state index is 11.8. The van der Waals surface area contributed by atoms with Crippen LogP contribution in [0.2, 0.25) is 0 Å². The van der Waals surface area contributed by atoms with Gasteiger partial charge in [-0.25, -0.2) is 0 Å². The zero-order valence-electron chi connectivity index (χ0n) is 10.5. The van der Waals surface area contributed by atoms with E-state index in [2.05, 4.69) is 5.32 Å². The van der Waals surface area contributed by atoms with Gasteiger partial charge < -0.3 is 20.4 Å². The summed E-state index contributed by atoms with van der Waals surface area (Å²) in [5.41, 5.74) is 0.315. The third-order valence-electron chi connectivity index (χ3n) is 2.27. The number of aromatic hydroxyl groups is 1. The fourth-order valence-electron chi connectivity index (χ4n) is 1.36. The van der Waals surface area contributed by atoms with Crippen LogP contribution in [0.15, 0.2) is 36.0 Å². The van der Waals surface area contributed by atoms with Gasteiger partial charge >= 0.3 is 0 Å². The molecule has 0 aromatic heterocycles. The molecule has 1 aromatic carbocycles. The van der Waals surface area contributed by atoms with Gasteiger partial charge in [0.05, 0.1) is 6.61 Å². The van der Waals surface area contributed by atoms with Gasteiger partial charge in [0, 0.05) is 31.5 Å². The van der Waals surface area contributed by atoms with Crippen LogP contribution in [0, 0.1) is 11.3 Å². The zero-order valence-corrected chi connectivity index (χ0v) is 10.5. The average Bonchev–Trinajstić information content (AvgIpc) is 2.36. The van der Waals surface area contributed by atoms with E-state index in [1.165, 1.54) is 18.3 Å². The lowest BCUT2D eigenvalue weighted by Gasteiger charge is -2.12. The SMILES string of the molecule is CN(/C=C(/C#N)C(=O)Nc1cccc(O)c1)CCO. The smallest absolute Gasteiger partial charge is 0.267 e. The predicted molar refractivity (Wildman–Crippen MR) is 70.1 cm³/mol. The number of aliphatic hydroxyl groups excluding tert-OH is 1. The Kier molecular flexibility index (Phi) is 5.38. The van der Waals surface area contributed by atoms with Crippen molar-refractivity contribution in [3.05, 3.63) is 36.0 Å². The molecule has 6 nitrogen and oxygen atoms in total. The first-order valence-electron chi connectivity index (χ1n) is 5.60. The Hall–Kier alpha value is -2.52. The van der Waals surface area contributed by atoms with Crippen LogP contribution in [0.3, 0.4) is 0 Å². The van der Waals surface area contributed by atoms with E-state index in [9.17, 15) is 9.90 Å². The monoisotopic (exact) mass is 261 g/mol. The van der Waals surface area contributed by atoms with Crippen LogP contribution in [-0.4, -0.2) is 41.2 Å². The molecule has 0 saturated carbocycles. The number of phenolic OH excluding ortho intramolecular Hbond substituents is 1. The summed E-state index contributed by atoms with van der Waals surface area (Å²) < 4.78 is 0. The normalized spacial score (nSPS) is 10.7. The molecule has 0 aliphatic heterocycles. The third kappa shape index (κ3) is 4.69. The molecule has 1 rings (SSSR count). The predicted octanol–water partition coefficient (Wildman–Crippen LogP) is 0.662. The summed E-state index contributed by atoms with van der Waals surface area (Å²) in [6.07, 6.45) is 1.36. The Morgan fingerprint density at radius 3 is 2.89 bits per heavy atom. The number of likely N-dealkylation sites (N-methyl/N-ethyl adjacent to an activating group) is 1. The Bertz CT molecular complexity index is 520. The van der Waals surface area contributed by atoms with Crippen molar-refractivity contribution >= 4 is 11.6 Å². The fourth-order valence-corrected chi connectivity index (χ4v) is 1.36. The van der Waals surface area contributed by atoms with Crippen molar-refractivity contribution in [1.29, 1.82) is 5.26 Å². The summed E-state index contributed by atoms with van der Waals surface area (Å²) in [5, 5.41) is 29.4. The summed E-state index contributed by atoms with van der Waals surface area (Å²) in [7, 11) is 1.65. The molecule has 0 unspecified atom stereocenters. The molecular weight excluding hydrogens is 246 g/mol. The number of carbonyl (C=O) groups excluding carboxylic acids is 1. The molecule has 0 saturated heterocycles. The largest absolute Gasteiger partial charge is 0.508 e. The van der Waals surface area contributed by atoms with Crippen LogP contribution in [0.1, 0.15) is 0 Å². The topological polar surface area (TPSA) is 96.6 Å². The lowest BCUT2D eigenvalue weighted by Crippen LogP contribution is -2.20. The minimum absolute atomic E-state index is 0.0256. The number of aliphatic hydroxyl groups is 1. The van der Waals surface area contributed by atoms with Crippen LogP contribution < -0.4 is 5.32 Å². The summed E-state index contributed by atoms with van der Waals surface area (Å²) in [6.45, 7) is 0.254. The number of hydrogen-bond donors (Lipinski definition) is 3. The van der Waals surface area contributed by atoms with Crippen LogP contribution in [0.4, 0.5) is 5.69 Å². The molecule has 0 atom stereocenters. The second-order valence-corrected chi connectivity index (χ2v) is 3.86. The molecule has 0 radical (unpaired) electrons. The standard InChI is InChI=1S/C13H15N3O3/c1-16(5-6-17)9-10(8-14)13(19)15-11-3-2-4-12(18)7-11/h2-4,7,9,17-18H,5-6H2,1H3,(H,15,19)/b10-9-. The quantitative estimate of drug-likeness (QED) is 0.534. The minimum atomic E-state index is -0.571. The van der Waals surface area contributed by atoms with Gasteiger partial charge in [0.15, 0.2) is 0 Å². The summed E-state index contributed by atoms with van der Waals surface area (Å²) in [4.78, 5) is 13.4. The van der Waals surface area contributed by atoms with Gasteiger partial charge in [-0.05, 0) is 12.1 Å². The molecule has 1 amide bonds. The van der Waals surface area contributed by atoms with Gasteiger partial charge in [-0.15, -0.1) is 0 Å². The van der Waals surface area contributed by atoms with Gasteiger partial charge in [0.1, 0.15) is 17.4 Å². The summed E-state index contributed by atoms with van der Waals surface area (Å²) >= 11 is 0. The van der Waals surface area contributed by atoms with Gasteiger partial charge in [-0.3, -0.25) is 4.79 Å². The Labute approximate surface area is 111 Å². The van der Waals surface area contributed by atoms with E-state index in [0.29, 0.717) is 12.2 Å². The molecule has 1 aromatic rings. The van der Waals surface area contributed by atoms with Gasteiger partial charge in [0.2, 0.25) is 0 Å². The molecule has 0 bridgehead atoms. The highest BCUT2D eigenvalue weighted by atomic mass is 16.3. The Balaban J connectivity index is 2.78. The Morgan fingerprint density at radius 2 is 2.32 bits per heavy atom. The summed E-state index contributed by atoms with van der Waals surface area (Å²) in [6, 6.07) is 7.83. The highest BCUT2D eigenvalue weighted by molar-refractivity contribution is 6.06. The molecule has 0 spiro atoms. The molecule has 0 aliphatic carbocycles. The van der Waals surface area contributed by atoms with E-state index < -0.39 is 5.91 Å². The van der Waals surface area contributed by atoms with Gasteiger partial charge in [0.25, 0.3) is 5.91 Å². The number of anilines is 1. The number of nitrogens with one attached hydrogen (secondary N) is 1. The molecule has 19 heavy (non-hydrogen) atoms. The second-order valence-electron chi connectivity index (χ2n) is 3.86. The number of carbonyl (C=O) groups is 1. The molecule has 0 aliphatic rings. The Morgan fingerprint density at radius 1 is 1.58 bits per heavy atom. The first-order valence-corrected chi connectivity index (χ1v) is 5.60. The molecule has 0 heterocycles. The molecule has 3 N–H and O–H groups in total. The highest BCUT2D eigenvalue weighted by Crippen LogP contribution is 2.16. The van der Waals surface area contributed by atoms with E-state index in [0.717, 1.165) is 0 Å². The maximum Gasteiger partial charge on any atom is 0.267 e. The molecule has 6 heteroatoms. The van der Waals surface area contributed by atoms with Crippen LogP contribution in [0.25, 0.3) is 0 Å². The number of nitrogens with zero attached hydrogens (tertiary/aromatic N) is 2. The fraction of sp³-hybridized carbons (Fsp3) is 0.231. The number of amides is 1. The second kappa shape index (κ2) is 7.03. The maximum atomic E-state index is 11.8. The third-order valence-corrected chi connectivity index (χ3v) is 2.27. The van der Waals surface area contributed by atoms with E-state index in [-0.39, 0.29) is 17.9 Å². The van der Waals surface area contributed by atoms with E-state index in [1.807, 2.05) is 0 Å². The number of nitriles is 1. The molecular formula is C13H15N3O3. The van der Waals surface area contributed by atoms with Crippen molar-refractivity contribution in [2.75, 3.05) is 25.5 Å². The van der Waals surface area contributed by atoms with Crippen LogP contribution in [0.5, 0.6) is 5.75 Å². The van der Waals surface area contributed by atoms with Crippen molar-refractivity contribution in [1.82, 2.24) is 4.90 Å².